The molecule has 0 bridgehead atoms. The molecular weight excluding hydrogens is 318 g/mol. The third-order valence-corrected chi connectivity index (χ3v) is 3.96. The molecule has 0 aliphatic rings. The number of thiophene rings is 1. The highest BCUT2D eigenvalue weighted by Gasteiger charge is 2.17. The number of hydrogen-bond donors (Lipinski definition) is 1. The van der Waals surface area contributed by atoms with Gasteiger partial charge < -0.3 is 19.5 Å². The number of carbonyl (C=O) groups excluding carboxylic acids is 2. The third kappa shape index (κ3) is 4.46. The zero-order valence-corrected chi connectivity index (χ0v) is 13.8. The first-order valence-corrected chi connectivity index (χ1v) is 7.65. The summed E-state index contributed by atoms with van der Waals surface area (Å²) >= 11 is 1.14. The topological polar surface area (TPSA) is 73.9 Å². The van der Waals surface area contributed by atoms with Crippen LogP contribution in [0.3, 0.4) is 0 Å². The highest BCUT2D eigenvalue weighted by atomic mass is 32.1. The van der Waals surface area contributed by atoms with E-state index in [1.165, 1.54) is 7.11 Å². The van der Waals surface area contributed by atoms with Crippen molar-refractivity contribution >= 4 is 28.2 Å². The van der Waals surface area contributed by atoms with Crippen LogP contribution in [-0.4, -0.2) is 32.2 Å². The maximum atomic E-state index is 12.1. The second-order valence-electron chi connectivity index (χ2n) is 4.58. The van der Waals surface area contributed by atoms with Crippen LogP contribution in [0.25, 0.3) is 0 Å². The minimum absolute atomic E-state index is 0.306. The van der Waals surface area contributed by atoms with E-state index >= 15 is 0 Å². The van der Waals surface area contributed by atoms with E-state index in [0.29, 0.717) is 21.4 Å². The molecule has 1 aromatic carbocycles. The smallest absolute Gasteiger partial charge is 0.348 e. The number of rotatable bonds is 6. The third-order valence-electron chi connectivity index (χ3n) is 2.98. The van der Waals surface area contributed by atoms with E-state index in [9.17, 15) is 9.59 Å². The van der Waals surface area contributed by atoms with E-state index in [1.807, 2.05) is 0 Å². The summed E-state index contributed by atoms with van der Waals surface area (Å²) in [7, 11) is 2.89. The van der Waals surface area contributed by atoms with Crippen molar-refractivity contribution in [2.45, 2.75) is 13.0 Å². The first kappa shape index (κ1) is 16.8. The molecule has 0 spiro atoms. The van der Waals surface area contributed by atoms with Crippen molar-refractivity contribution in [1.82, 2.24) is 0 Å². The van der Waals surface area contributed by atoms with Gasteiger partial charge in [0.1, 0.15) is 16.4 Å². The number of esters is 1. The second kappa shape index (κ2) is 7.64. The zero-order chi connectivity index (χ0) is 16.8. The Kier molecular flexibility index (Phi) is 5.59. The summed E-state index contributed by atoms with van der Waals surface area (Å²) in [5.41, 5.74) is 0. The zero-order valence-electron chi connectivity index (χ0n) is 13.0. The van der Waals surface area contributed by atoms with Crippen LogP contribution < -0.4 is 14.8 Å². The van der Waals surface area contributed by atoms with E-state index in [2.05, 4.69) is 10.1 Å². The fourth-order valence-corrected chi connectivity index (χ4v) is 2.58. The molecule has 1 amide bonds. The minimum Gasteiger partial charge on any atom is -0.497 e. The van der Waals surface area contributed by atoms with Gasteiger partial charge in [-0.1, -0.05) is 0 Å². The van der Waals surface area contributed by atoms with Crippen LogP contribution in [0.2, 0.25) is 0 Å². The fraction of sp³-hybridized carbons (Fsp3) is 0.250. The number of carbonyl (C=O) groups is 2. The summed E-state index contributed by atoms with van der Waals surface area (Å²) in [6.45, 7) is 1.65. The Morgan fingerprint density at radius 3 is 2.30 bits per heavy atom. The van der Waals surface area contributed by atoms with Crippen LogP contribution in [0.1, 0.15) is 16.6 Å². The van der Waals surface area contributed by atoms with E-state index in [1.54, 1.807) is 50.4 Å². The molecule has 2 rings (SSSR count). The largest absolute Gasteiger partial charge is 0.497 e. The number of amides is 1. The van der Waals surface area contributed by atoms with E-state index in [4.69, 9.17) is 9.47 Å². The van der Waals surface area contributed by atoms with Crippen LogP contribution in [0.4, 0.5) is 5.00 Å². The van der Waals surface area contributed by atoms with Gasteiger partial charge in [0.05, 0.1) is 19.2 Å². The summed E-state index contributed by atoms with van der Waals surface area (Å²) in [5.74, 6) is 0.537. The number of anilines is 1. The Hall–Kier alpha value is -2.54. The maximum absolute atomic E-state index is 12.1. The molecule has 1 N–H and O–H groups in total. The lowest BCUT2D eigenvalue weighted by molar-refractivity contribution is -0.122. The van der Waals surface area contributed by atoms with Gasteiger partial charge in [0, 0.05) is 0 Å². The van der Waals surface area contributed by atoms with Gasteiger partial charge in [0.25, 0.3) is 5.91 Å². The summed E-state index contributed by atoms with van der Waals surface area (Å²) in [6, 6.07) is 10.2. The Morgan fingerprint density at radius 2 is 1.70 bits per heavy atom. The van der Waals surface area contributed by atoms with Crippen molar-refractivity contribution in [3.8, 4) is 11.5 Å². The van der Waals surface area contributed by atoms with Crippen molar-refractivity contribution in [3.63, 3.8) is 0 Å². The van der Waals surface area contributed by atoms with Gasteiger partial charge in [-0.05, 0) is 43.3 Å². The number of hydrogen-bond acceptors (Lipinski definition) is 6. The van der Waals surface area contributed by atoms with E-state index in [-0.39, 0.29) is 5.91 Å². The maximum Gasteiger partial charge on any atom is 0.348 e. The SMILES string of the molecule is COC(=O)c1ccc(NC(=O)[C@@H](C)Oc2ccc(OC)cc2)s1. The molecule has 6 nitrogen and oxygen atoms in total. The molecule has 1 atom stereocenters. The first-order valence-electron chi connectivity index (χ1n) is 6.83. The molecule has 1 aromatic heterocycles. The molecule has 0 radical (unpaired) electrons. The summed E-state index contributed by atoms with van der Waals surface area (Å²) < 4.78 is 15.3. The molecule has 23 heavy (non-hydrogen) atoms. The second-order valence-corrected chi connectivity index (χ2v) is 5.66. The quantitative estimate of drug-likeness (QED) is 0.822. The van der Waals surface area contributed by atoms with Crippen LogP contribution in [-0.2, 0) is 9.53 Å². The van der Waals surface area contributed by atoms with Crippen LogP contribution >= 0.6 is 11.3 Å². The van der Waals surface area contributed by atoms with Crippen molar-refractivity contribution in [2.75, 3.05) is 19.5 Å². The average Bonchev–Trinajstić information content (AvgIpc) is 3.03. The molecule has 7 heteroatoms. The van der Waals surface area contributed by atoms with Gasteiger partial charge in [-0.2, -0.15) is 0 Å². The highest BCUT2D eigenvalue weighted by Crippen LogP contribution is 2.23. The lowest BCUT2D eigenvalue weighted by Gasteiger charge is -2.14. The molecule has 0 aliphatic heterocycles. The molecule has 122 valence electrons. The summed E-state index contributed by atoms with van der Waals surface area (Å²) in [5, 5.41) is 3.26. The molecule has 1 heterocycles. The van der Waals surface area contributed by atoms with E-state index < -0.39 is 12.1 Å². The van der Waals surface area contributed by atoms with Gasteiger partial charge >= 0.3 is 5.97 Å². The van der Waals surface area contributed by atoms with Crippen molar-refractivity contribution in [3.05, 3.63) is 41.3 Å². The molecule has 0 saturated carbocycles. The van der Waals surface area contributed by atoms with Crippen LogP contribution in [0, 0.1) is 0 Å². The normalized spacial score (nSPS) is 11.4. The molecule has 2 aromatic rings. The predicted octanol–water partition coefficient (Wildman–Crippen LogP) is 2.95. The lowest BCUT2D eigenvalue weighted by Crippen LogP contribution is -2.29. The Labute approximate surface area is 138 Å². The van der Waals surface area contributed by atoms with Gasteiger partial charge in [-0.15, -0.1) is 11.3 Å². The Balaban J connectivity index is 1.93. The van der Waals surface area contributed by atoms with Gasteiger partial charge in [0.2, 0.25) is 0 Å². The van der Waals surface area contributed by atoms with Gasteiger partial charge in [-0.25, -0.2) is 4.79 Å². The highest BCUT2D eigenvalue weighted by molar-refractivity contribution is 7.18. The van der Waals surface area contributed by atoms with Crippen LogP contribution in [0.15, 0.2) is 36.4 Å². The minimum atomic E-state index is -0.688. The van der Waals surface area contributed by atoms with Crippen LogP contribution in [0.5, 0.6) is 11.5 Å². The number of benzene rings is 1. The molecule has 0 saturated heterocycles. The van der Waals surface area contributed by atoms with Crippen molar-refractivity contribution in [2.24, 2.45) is 0 Å². The molecule has 0 fully saturated rings. The predicted molar refractivity (Wildman–Crippen MR) is 87.4 cm³/mol. The van der Waals surface area contributed by atoms with Crippen molar-refractivity contribution in [1.29, 1.82) is 0 Å². The fourth-order valence-electron chi connectivity index (χ4n) is 1.75. The summed E-state index contributed by atoms with van der Waals surface area (Å²) in [6.07, 6.45) is -0.688. The Morgan fingerprint density at radius 1 is 1.04 bits per heavy atom. The number of nitrogens with one attached hydrogen (secondary N) is 1. The average molecular weight is 335 g/mol. The molecule has 0 aliphatic carbocycles. The molecular formula is C16H17NO5S. The number of ether oxygens (including phenoxy) is 3. The lowest BCUT2D eigenvalue weighted by atomic mass is 10.3. The summed E-state index contributed by atoms with van der Waals surface area (Å²) in [4.78, 5) is 23.9. The van der Waals surface area contributed by atoms with Gasteiger partial charge in [-0.3, -0.25) is 4.79 Å². The standard InChI is InChI=1S/C16H17NO5S/c1-10(22-12-6-4-11(20-2)5-7-12)15(18)17-14-9-8-13(23-14)16(19)21-3/h4-10H,1-3H3,(H,17,18)/t10-/m1/s1. The van der Waals surface area contributed by atoms with Gasteiger partial charge in [0.15, 0.2) is 6.10 Å². The Bertz CT molecular complexity index is 680. The first-order chi connectivity index (χ1) is 11.0. The monoisotopic (exact) mass is 335 g/mol. The molecule has 0 unspecified atom stereocenters. The van der Waals surface area contributed by atoms with Crippen molar-refractivity contribution < 1.29 is 23.8 Å². The number of methoxy groups -OCH3 is 2. The van der Waals surface area contributed by atoms with E-state index in [0.717, 1.165) is 11.3 Å².